The van der Waals surface area contributed by atoms with Crippen LogP contribution in [0.5, 0.6) is 5.75 Å². The summed E-state index contributed by atoms with van der Waals surface area (Å²) >= 11 is 0. The van der Waals surface area contributed by atoms with Crippen LogP contribution in [0.3, 0.4) is 0 Å². The van der Waals surface area contributed by atoms with Gasteiger partial charge in [0, 0.05) is 6.54 Å². The molecule has 0 radical (unpaired) electrons. The second-order valence-electron chi connectivity index (χ2n) is 5.97. The summed E-state index contributed by atoms with van der Waals surface area (Å²) in [5.41, 5.74) is 1.03. The molecule has 1 aromatic carbocycles. The van der Waals surface area contributed by atoms with Crippen LogP contribution in [0.1, 0.15) is 32.8 Å². The van der Waals surface area contributed by atoms with Crippen molar-refractivity contribution in [3.63, 3.8) is 0 Å². The van der Waals surface area contributed by atoms with E-state index in [4.69, 9.17) is 9.47 Å². The van der Waals surface area contributed by atoms with E-state index in [1.54, 1.807) is 27.9 Å². The molecule has 0 fully saturated rings. The van der Waals surface area contributed by atoms with Crippen LogP contribution in [0.15, 0.2) is 36.2 Å². The Bertz CT molecular complexity index is 504. The first-order valence-electron chi connectivity index (χ1n) is 7.22. The molecule has 0 heterocycles. The number of halogens is 1. The van der Waals surface area contributed by atoms with E-state index in [1.807, 2.05) is 24.3 Å². The van der Waals surface area contributed by atoms with Crippen LogP contribution < -0.4 is 10.1 Å². The average Bonchev–Trinajstić information content (AvgIpc) is 2.46. The van der Waals surface area contributed by atoms with Gasteiger partial charge in [-0.2, -0.15) is 0 Å². The molecule has 22 heavy (non-hydrogen) atoms. The fourth-order valence-corrected chi connectivity index (χ4v) is 1.78. The average molecular weight is 309 g/mol. The maximum absolute atomic E-state index is 12.9. The Morgan fingerprint density at radius 3 is 2.41 bits per heavy atom. The molecule has 0 aliphatic rings. The van der Waals surface area contributed by atoms with Gasteiger partial charge in [0.25, 0.3) is 0 Å². The van der Waals surface area contributed by atoms with E-state index in [-0.39, 0.29) is 6.54 Å². The Kier molecular flexibility index (Phi) is 6.89. The lowest BCUT2D eigenvalue weighted by Gasteiger charge is -2.20. The van der Waals surface area contributed by atoms with Crippen molar-refractivity contribution in [2.24, 2.45) is 0 Å². The number of hydrogen-bond donors (Lipinski definition) is 1. The molecule has 0 saturated carbocycles. The smallest absolute Gasteiger partial charge is 0.407 e. The molecule has 1 N–H and O–H groups in total. The molecule has 0 unspecified atom stereocenters. The molecule has 0 aromatic heterocycles. The molecule has 0 aliphatic heterocycles. The quantitative estimate of drug-likeness (QED) is 0.864. The summed E-state index contributed by atoms with van der Waals surface area (Å²) in [6.45, 7) is 5.48. The van der Waals surface area contributed by atoms with Crippen molar-refractivity contribution in [3.8, 4) is 5.75 Å². The van der Waals surface area contributed by atoms with E-state index >= 15 is 0 Å². The SMILES string of the molecule is COc1ccc(CC/C(=C\F)CNC(=O)OC(C)(C)C)cc1. The van der Waals surface area contributed by atoms with Crippen LogP contribution in [0, 0.1) is 0 Å². The molecule has 0 atom stereocenters. The van der Waals surface area contributed by atoms with Crippen molar-refractivity contribution in [1.82, 2.24) is 5.32 Å². The van der Waals surface area contributed by atoms with Crippen molar-refractivity contribution in [2.45, 2.75) is 39.2 Å². The Balaban J connectivity index is 2.40. The summed E-state index contributed by atoms with van der Waals surface area (Å²) in [5, 5.41) is 2.56. The number of rotatable bonds is 6. The van der Waals surface area contributed by atoms with Gasteiger partial charge < -0.3 is 14.8 Å². The Morgan fingerprint density at radius 1 is 1.27 bits per heavy atom. The van der Waals surface area contributed by atoms with Gasteiger partial charge in [0.1, 0.15) is 11.4 Å². The summed E-state index contributed by atoms with van der Waals surface area (Å²) in [6, 6.07) is 7.62. The van der Waals surface area contributed by atoms with E-state index < -0.39 is 11.7 Å². The minimum Gasteiger partial charge on any atom is -0.497 e. The van der Waals surface area contributed by atoms with Gasteiger partial charge in [0.2, 0.25) is 0 Å². The highest BCUT2D eigenvalue weighted by Crippen LogP contribution is 2.15. The number of benzene rings is 1. The highest BCUT2D eigenvalue weighted by molar-refractivity contribution is 5.68. The standard InChI is InChI=1S/C17H24FNO3/c1-17(2,3)22-16(20)19-12-14(11-18)6-5-13-7-9-15(21-4)10-8-13/h7-11H,5-6,12H2,1-4H3,(H,19,20)/b14-11+. The van der Waals surface area contributed by atoms with Crippen molar-refractivity contribution in [3.05, 3.63) is 41.7 Å². The zero-order chi connectivity index (χ0) is 16.6. The van der Waals surface area contributed by atoms with Crippen molar-refractivity contribution in [2.75, 3.05) is 13.7 Å². The predicted octanol–water partition coefficient (Wildman–Crippen LogP) is 4.01. The Morgan fingerprint density at radius 2 is 1.91 bits per heavy atom. The second-order valence-corrected chi connectivity index (χ2v) is 5.97. The zero-order valence-corrected chi connectivity index (χ0v) is 13.6. The summed E-state index contributed by atoms with van der Waals surface area (Å²) in [4.78, 5) is 11.5. The van der Waals surface area contributed by atoms with Crippen molar-refractivity contribution < 1.29 is 18.7 Å². The number of carbonyl (C=O) groups is 1. The molecule has 0 saturated heterocycles. The minimum atomic E-state index is -0.563. The van der Waals surface area contributed by atoms with E-state index in [1.165, 1.54) is 0 Å². The molecule has 1 amide bonds. The third-order valence-electron chi connectivity index (χ3n) is 2.91. The van der Waals surface area contributed by atoms with E-state index in [0.29, 0.717) is 24.7 Å². The molecule has 1 rings (SSSR count). The molecular formula is C17H24FNO3. The number of hydrogen-bond acceptors (Lipinski definition) is 3. The lowest BCUT2D eigenvalue weighted by atomic mass is 10.1. The zero-order valence-electron chi connectivity index (χ0n) is 13.6. The molecule has 0 bridgehead atoms. The van der Waals surface area contributed by atoms with Crippen LogP contribution in [0.25, 0.3) is 0 Å². The predicted molar refractivity (Wildman–Crippen MR) is 84.7 cm³/mol. The lowest BCUT2D eigenvalue weighted by molar-refractivity contribution is 0.0532. The van der Waals surface area contributed by atoms with Crippen LogP contribution >= 0.6 is 0 Å². The van der Waals surface area contributed by atoms with E-state index in [0.717, 1.165) is 11.3 Å². The van der Waals surface area contributed by atoms with Gasteiger partial charge in [0.05, 0.1) is 13.4 Å². The summed E-state index contributed by atoms with van der Waals surface area (Å²) in [6.07, 6.45) is 1.21. The van der Waals surface area contributed by atoms with Crippen LogP contribution in [-0.4, -0.2) is 25.3 Å². The third-order valence-corrected chi connectivity index (χ3v) is 2.91. The number of alkyl carbamates (subject to hydrolysis) is 1. The third kappa shape index (κ3) is 7.11. The molecule has 0 aliphatic carbocycles. The van der Waals surface area contributed by atoms with Crippen LogP contribution in [-0.2, 0) is 11.2 Å². The number of amides is 1. The number of methoxy groups -OCH3 is 1. The summed E-state index contributed by atoms with van der Waals surface area (Å²) in [7, 11) is 1.61. The first kappa shape index (κ1) is 18.0. The van der Waals surface area contributed by atoms with Gasteiger partial charge >= 0.3 is 6.09 Å². The second kappa shape index (κ2) is 8.41. The van der Waals surface area contributed by atoms with Crippen LogP contribution in [0.2, 0.25) is 0 Å². The van der Waals surface area contributed by atoms with Gasteiger partial charge in [-0.15, -0.1) is 0 Å². The molecule has 122 valence electrons. The van der Waals surface area contributed by atoms with E-state index in [2.05, 4.69) is 5.32 Å². The monoisotopic (exact) mass is 309 g/mol. The minimum absolute atomic E-state index is 0.140. The fourth-order valence-electron chi connectivity index (χ4n) is 1.78. The van der Waals surface area contributed by atoms with Crippen molar-refractivity contribution >= 4 is 6.09 Å². The summed E-state index contributed by atoms with van der Waals surface area (Å²) in [5.74, 6) is 0.789. The number of carbonyl (C=O) groups excluding carboxylic acids is 1. The van der Waals surface area contributed by atoms with Gasteiger partial charge in [-0.05, 0) is 56.9 Å². The maximum Gasteiger partial charge on any atom is 0.407 e. The Hall–Kier alpha value is -2.04. The highest BCUT2D eigenvalue weighted by atomic mass is 19.1. The van der Waals surface area contributed by atoms with Gasteiger partial charge in [0.15, 0.2) is 0 Å². The fraction of sp³-hybridized carbons (Fsp3) is 0.471. The number of aryl methyl sites for hydroxylation is 1. The van der Waals surface area contributed by atoms with Gasteiger partial charge in [-0.25, -0.2) is 9.18 Å². The Labute approximate surface area is 131 Å². The molecule has 0 spiro atoms. The van der Waals surface area contributed by atoms with Gasteiger partial charge in [-0.3, -0.25) is 0 Å². The number of ether oxygens (including phenoxy) is 2. The molecular weight excluding hydrogens is 285 g/mol. The summed E-state index contributed by atoms with van der Waals surface area (Å²) < 4.78 is 23.1. The van der Waals surface area contributed by atoms with E-state index in [9.17, 15) is 9.18 Å². The van der Waals surface area contributed by atoms with Gasteiger partial charge in [-0.1, -0.05) is 12.1 Å². The number of nitrogens with one attached hydrogen (secondary N) is 1. The highest BCUT2D eigenvalue weighted by Gasteiger charge is 2.15. The normalized spacial score (nSPS) is 12.0. The largest absolute Gasteiger partial charge is 0.497 e. The molecule has 5 heteroatoms. The molecule has 1 aromatic rings. The first-order chi connectivity index (χ1) is 10.3. The first-order valence-corrected chi connectivity index (χ1v) is 7.22. The topological polar surface area (TPSA) is 47.6 Å². The van der Waals surface area contributed by atoms with Crippen molar-refractivity contribution in [1.29, 1.82) is 0 Å². The molecule has 4 nitrogen and oxygen atoms in total. The maximum atomic E-state index is 12.9. The van der Waals surface area contributed by atoms with Crippen LogP contribution in [0.4, 0.5) is 9.18 Å². The lowest BCUT2D eigenvalue weighted by Crippen LogP contribution is -2.33.